The van der Waals surface area contributed by atoms with Gasteiger partial charge in [-0.2, -0.15) is 0 Å². The van der Waals surface area contributed by atoms with Crippen LogP contribution in [-0.4, -0.2) is 39.0 Å². The molecular formula is C22H14O8. The van der Waals surface area contributed by atoms with E-state index in [1.807, 2.05) is 0 Å². The topological polar surface area (TPSA) is 138 Å². The number of carboxylic acids is 3. The predicted molar refractivity (Wildman–Crippen MR) is 104 cm³/mol. The van der Waals surface area contributed by atoms with E-state index in [1.54, 1.807) is 6.07 Å². The quantitative estimate of drug-likeness (QED) is 0.504. The van der Waals surface area contributed by atoms with Crippen molar-refractivity contribution in [2.75, 3.05) is 0 Å². The second-order valence-electron chi connectivity index (χ2n) is 6.12. The van der Waals surface area contributed by atoms with Crippen molar-refractivity contribution in [3.8, 4) is 11.5 Å². The van der Waals surface area contributed by atoms with E-state index < -0.39 is 29.3 Å². The van der Waals surface area contributed by atoms with Crippen molar-refractivity contribution in [1.82, 2.24) is 0 Å². The highest BCUT2D eigenvalue weighted by Gasteiger charge is 2.19. The smallest absolute Gasteiger partial charge is 0.336 e. The van der Waals surface area contributed by atoms with E-state index in [1.165, 1.54) is 48.5 Å². The molecule has 0 fully saturated rings. The maximum atomic E-state index is 12.6. The molecule has 0 bridgehead atoms. The minimum Gasteiger partial charge on any atom is -0.478 e. The van der Waals surface area contributed by atoms with E-state index >= 15 is 0 Å². The third-order valence-corrected chi connectivity index (χ3v) is 4.21. The summed E-state index contributed by atoms with van der Waals surface area (Å²) in [7, 11) is 0. The second kappa shape index (κ2) is 8.27. The normalized spacial score (nSPS) is 10.3. The van der Waals surface area contributed by atoms with Crippen molar-refractivity contribution in [3.05, 3.63) is 94.5 Å². The minimum absolute atomic E-state index is 0.0500. The Balaban J connectivity index is 1.84. The summed E-state index contributed by atoms with van der Waals surface area (Å²) in [6.07, 6.45) is 0. The van der Waals surface area contributed by atoms with Crippen LogP contribution in [0.3, 0.4) is 0 Å². The molecule has 3 aromatic rings. The number of ether oxygens (including phenoxy) is 1. The van der Waals surface area contributed by atoms with E-state index in [0.717, 1.165) is 12.1 Å². The summed E-state index contributed by atoms with van der Waals surface area (Å²) in [5.41, 5.74) is -0.606. The molecule has 0 saturated carbocycles. The number of hydrogen-bond donors (Lipinski definition) is 3. The molecule has 3 aromatic carbocycles. The number of aromatic carboxylic acids is 3. The molecule has 3 N–H and O–H groups in total. The molecule has 0 spiro atoms. The van der Waals surface area contributed by atoms with Gasteiger partial charge < -0.3 is 20.1 Å². The van der Waals surface area contributed by atoms with Crippen molar-refractivity contribution in [2.45, 2.75) is 0 Å². The Hall–Kier alpha value is -4.46. The highest BCUT2D eigenvalue weighted by Crippen LogP contribution is 2.25. The van der Waals surface area contributed by atoms with Gasteiger partial charge in [0.05, 0.1) is 16.7 Å². The molecule has 0 aliphatic rings. The Labute approximate surface area is 169 Å². The number of hydrogen-bond acceptors (Lipinski definition) is 5. The fraction of sp³-hybridized carbons (Fsp3) is 0. The lowest BCUT2D eigenvalue weighted by molar-refractivity contribution is 0.0651. The first-order chi connectivity index (χ1) is 14.3. The number of carboxylic acid groups (broad SMARTS) is 3. The monoisotopic (exact) mass is 406 g/mol. The van der Waals surface area contributed by atoms with E-state index in [-0.39, 0.29) is 33.8 Å². The molecule has 30 heavy (non-hydrogen) atoms. The zero-order valence-corrected chi connectivity index (χ0v) is 15.2. The minimum atomic E-state index is -1.41. The Morgan fingerprint density at radius 2 is 1.07 bits per heavy atom. The van der Waals surface area contributed by atoms with Gasteiger partial charge in [0.25, 0.3) is 0 Å². The van der Waals surface area contributed by atoms with Gasteiger partial charge in [0.15, 0.2) is 5.78 Å². The van der Waals surface area contributed by atoms with Gasteiger partial charge >= 0.3 is 17.9 Å². The molecule has 3 rings (SSSR count). The Kier molecular flexibility index (Phi) is 5.59. The van der Waals surface area contributed by atoms with Gasteiger partial charge in [-0.3, -0.25) is 4.79 Å². The molecule has 0 amide bonds. The molecule has 8 nitrogen and oxygen atoms in total. The first kappa shape index (κ1) is 20.3. The van der Waals surface area contributed by atoms with E-state index in [9.17, 15) is 29.4 Å². The van der Waals surface area contributed by atoms with Crippen LogP contribution in [0.4, 0.5) is 0 Å². The van der Waals surface area contributed by atoms with Gasteiger partial charge in [-0.15, -0.1) is 0 Å². The Bertz CT molecular complexity index is 1160. The standard InChI is InChI=1S/C22H14O8/c23-19(15-3-1-2-4-16(15)20(24)25)12-5-7-13(8-6-12)30-14-9-10-17(21(26)27)18(11-14)22(28)29/h1-11H,(H,24,25)(H,26,27)(H,28,29). The van der Waals surface area contributed by atoms with Crippen LogP contribution in [0, 0.1) is 0 Å². The number of ketones is 1. The van der Waals surface area contributed by atoms with Gasteiger partial charge in [-0.05, 0) is 48.5 Å². The molecule has 0 unspecified atom stereocenters. The number of carbonyl (C=O) groups excluding carboxylic acids is 1. The van der Waals surface area contributed by atoms with Crippen LogP contribution >= 0.6 is 0 Å². The van der Waals surface area contributed by atoms with Crippen molar-refractivity contribution >= 4 is 23.7 Å². The second-order valence-corrected chi connectivity index (χ2v) is 6.12. The Morgan fingerprint density at radius 3 is 1.63 bits per heavy atom. The lowest BCUT2D eigenvalue weighted by Gasteiger charge is -2.09. The number of benzene rings is 3. The lowest BCUT2D eigenvalue weighted by Crippen LogP contribution is -2.09. The largest absolute Gasteiger partial charge is 0.478 e. The summed E-state index contributed by atoms with van der Waals surface area (Å²) in [4.78, 5) is 46.3. The van der Waals surface area contributed by atoms with Crippen molar-refractivity contribution in [3.63, 3.8) is 0 Å². The maximum absolute atomic E-state index is 12.6. The zero-order valence-electron chi connectivity index (χ0n) is 15.2. The van der Waals surface area contributed by atoms with Gasteiger partial charge in [-0.25, -0.2) is 14.4 Å². The predicted octanol–water partition coefficient (Wildman–Crippen LogP) is 3.80. The van der Waals surface area contributed by atoms with E-state index in [2.05, 4.69) is 0 Å². The van der Waals surface area contributed by atoms with Gasteiger partial charge in [0.1, 0.15) is 11.5 Å². The number of carbonyl (C=O) groups is 4. The average Bonchev–Trinajstić information content (AvgIpc) is 2.73. The lowest BCUT2D eigenvalue weighted by atomic mass is 9.98. The maximum Gasteiger partial charge on any atom is 0.336 e. The van der Waals surface area contributed by atoms with Crippen molar-refractivity contribution in [1.29, 1.82) is 0 Å². The first-order valence-electron chi connectivity index (χ1n) is 8.53. The van der Waals surface area contributed by atoms with Crippen molar-refractivity contribution in [2.24, 2.45) is 0 Å². The van der Waals surface area contributed by atoms with E-state index in [0.29, 0.717) is 0 Å². The highest BCUT2D eigenvalue weighted by atomic mass is 16.5. The first-order valence-corrected chi connectivity index (χ1v) is 8.53. The van der Waals surface area contributed by atoms with Crippen LogP contribution < -0.4 is 4.74 Å². The van der Waals surface area contributed by atoms with Crippen LogP contribution in [0.25, 0.3) is 0 Å². The molecule has 0 aliphatic carbocycles. The number of rotatable bonds is 7. The molecule has 0 aliphatic heterocycles. The molecule has 0 heterocycles. The van der Waals surface area contributed by atoms with Crippen LogP contribution in [0.5, 0.6) is 11.5 Å². The van der Waals surface area contributed by atoms with Crippen LogP contribution in [0.1, 0.15) is 47.0 Å². The summed E-state index contributed by atoms with van der Waals surface area (Å²) >= 11 is 0. The van der Waals surface area contributed by atoms with Crippen LogP contribution in [0.2, 0.25) is 0 Å². The fourth-order valence-corrected chi connectivity index (χ4v) is 2.78. The molecule has 0 saturated heterocycles. The summed E-state index contributed by atoms with van der Waals surface area (Å²) < 4.78 is 5.54. The highest BCUT2D eigenvalue weighted by molar-refractivity contribution is 6.14. The summed E-state index contributed by atoms with van der Waals surface area (Å²) in [5.74, 6) is -4.08. The van der Waals surface area contributed by atoms with E-state index in [4.69, 9.17) is 9.84 Å². The van der Waals surface area contributed by atoms with Crippen LogP contribution in [0.15, 0.2) is 66.7 Å². The third-order valence-electron chi connectivity index (χ3n) is 4.21. The van der Waals surface area contributed by atoms with Gasteiger partial charge in [-0.1, -0.05) is 18.2 Å². The average molecular weight is 406 g/mol. The van der Waals surface area contributed by atoms with Gasteiger partial charge in [0.2, 0.25) is 0 Å². The summed E-state index contributed by atoms with van der Waals surface area (Å²) in [6.45, 7) is 0. The van der Waals surface area contributed by atoms with Gasteiger partial charge in [0, 0.05) is 11.1 Å². The fourth-order valence-electron chi connectivity index (χ4n) is 2.78. The van der Waals surface area contributed by atoms with Crippen LogP contribution in [-0.2, 0) is 0 Å². The molecule has 150 valence electrons. The molecule has 0 radical (unpaired) electrons. The SMILES string of the molecule is O=C(O)c1ccc(Oc2ccc(C(=O)c3ccccc3C(=O)O)cc2)cc1C(=O)O. The Morgan fingerprint density at radius 1 is 0.567 bits per heavy atom. The molecule has 0 atom stereocenters. The molecular weight excluding hydrogens is 392 g/mol. The third kappa shape index (κ3) is 4.17. The zero-order chi connectivity index (χ0) is 21.8. The molecule has 0 aromatic heterocycles. The summed E-state index contributed by atoms with van der Waals surface area (Å²) in [5, 5.41) is 27.5. The molecule has 8 heteroatoms. The summed E-state index contributed by atoms with van der Waals surface area (Å²) in [6, 6.07) is 15.2. The van der Waals surface area contributed by atoms with Crippen molar-refractivity contribution < 1.29 is 39.2 Å².